The van der Waals surface area contributed by atoms with Crippen LogP contribution in [0.3, 0.4) is 0 Å². The van der Waals surface area contributed by atoms with Crippen LogP contribution in [0.15, 0.2) is 36.4 Å². The number of carbonyl (C=O) groups is 6. The number of phenolic OH excluding ortho intramolecular Hbond substituents is 1. The molecule has 4 N–H and O–H groups in total. The third kappa shape index (κ3) is 6.50. The van der Waals surface area contributed by atoms with Crippen LogP contribution >= 0.6 is 0 Å². The predicted octanol–water partition coefficient (Wildman–Crippen LogP) is 0.885. The Balaban J connectivity index is 1.98. The Bertz CT molecular complexity index is 1300. The summed E-state index contributed by atoms with van der Waals surface area (Å²) in [6.07, 6.45) is -1.20. The lowest BCUT2D eigenvalue weighted by Gasteiger charge is -2.25. The minimum Gasteiger partial charge on any atom is -0.507 e. The van der Waals surface area contributed by atoms with Gasteiger partial charge in [-0.15, -0.1) is 0 Å². The molecule has 2 aromatic carbocycles. The number of hydrogen-bond acceptors (Lipinski definition) is 8. The minimum atomic E-state index is -1.34. The molecule has 0 fully saturated rings. The Kier molecular flexibility index (Phi) is 8.86. The highest BCUT2D eigenvalue weighted by Gasteiger charge is 2.38. The Morgan fingerprint density at radius 2 is 1.74 bits per heavy atom. The SMILES string of the molecule is COC(=O)N1C[C@H](NC(=O)c2cc(C)c(O)c(C)c2)C(=O)N(CC(=O)N[C@H](C=O)CC(=O)O)c2ccccc21. The van der Waals surface area contributed by atoms with E-state index in [4.69, 9.17) is 9.84 Å². The highest BCUT2D eigenvalue weighted by Crippen LogP contribution is 2.33. The van der Waals surface area contributed by atoms with Crippen LogP contribution in [0.25, 0.3) is 0 Å². The fraction of sp³-hybridized carbons (Fsp3) is 0.308. The normalized spacial score (nSPS) is 15.5. The molecule has 0 aromatic heterocycles. The number of nitrogens with zero attached hydrogens (tertiary/aromatic N) is 2. The molecule has 39 heavy (non-hydrogen) atoms. The van der Waals surface area contributed by atoms with E-state index >= 15 is 0 Å². The molecule has 0 spiro atoms. The Labute approximate surface area is 223 Å². The summed E-state index contributed by atoms with van der Waals surface area (Å²) >= 11 is 0. The van der Waals surface area contributed by atoms with Crippen LogP contribution in [0, 0.1) is 13.8 Å². The summed E-state index contributed by atoms with van der Waals surface area (Å²) in [5.41, 5.74) is 1.42. The van der Waals surface area contributed by atoms with Gasteiger partial charge in [-0.3, -0.25) is 29.0 Å². The van der Waals surface area contributed by atoms with Gasteiger partial charge < -0.3 is 30.4 Å². The van der Waals surface area contributed by atoms with E-state index in [0.29, 0.717) is 11.1 Å². The molecule has 0 aliphatic carbocycles. The van der Waals surface area contributed by atoms with E-state index in [1.54, 1.807) is 26.0 Å². The van der Waals surface area contributed by atoms with Gasteiger partial charge in [0.15, 0.2) is 0 Å². The van der Waals surface area contributed by atoms with Crippen LogP contribution in [-0.4, -0.2) is 78.6 Å². The summed E-state index contributed by atoms with van der Waals surface area (Å²) < 4.78 is 4.88. The van der Waals surface area contributed by atoms with Crippen molar-refractivity contribution in [3.8, 4) is 5.75 Å². The molecule has 0 saturated carbocycles. The third-order valence-corrected chi connectivity index (χ3v) is 6.05. The second-order valence-electron chi connectivity index (χ2n) is 8.89. The number of anilines is 2. The van der Waals surface area contributed by atoms with E-state index in [2.05, 4.69) is 10.6 Å². The number of aldehydes is 1. The van der Waals surface area contributed by atoms with Gasteiger partial charge in [-0.2, -0.15) is 0 Å². The number of hydrogen-bond donors (Lipinski definition) is 4. The van der Waals surface area contributed by atoms with Gasteiger partial charge in [0, 0.05) is 5.56 Å². The van der Waals surface area contributed by atoms with Crippen molar-refractivity contribution in [1.82, 2.24) is 10.6 Å². The standard InChI is InChI=1S/C26H28N4O9/c1-14-8-16(9-15(2)23(14)35)24(36)28-18-11-30(26(38)39-3)20-7-5-4-6-19(20)29(25(18)37)12-21(32)27-17(13-31)10-22(33)34/h4-9,13,17-18,35H,10-12H2,1-3H3,(H,27,32)(H,28,36)(H,33,34)/t17-,18-/m0/s1. The van der Waals surface area contributed by atoms with Gasteiger partial charge in [-0.05, 0) is 49.2 Å². The van der Waals surface area contributed by atoms with Gasteiger partial charge in [-0.1, -0.05) is 12.1 Å². The van der Waals surface area contributed by atoms with Crippen LogP contribution in [0.1, 0.15) is 27.9 Å². The number of rotatable bonds is 8. The van der Waals surface area contributed by atoms with Gasteiger partial charge in [0.1, 0.15) is 24.6 Å². The van der Waals surface area contributed by atoms with Gasteiger partial charge in [0.25, 0.3) is 11.8 Å². The number of aliphatic carboxylic acids is 1. The second-order valence-corrected chi connectivity index (χ2v) is 8.89. The predicted molar refractivity (Wildman–Crippen MR) is 138 cm³/mol. The summed E-state index contributed by atoms with van der Waals surface area (Å²) in [6.45, 7) is 2.25. The minimum absolute atomic E-state index is 0.0260. The average molecular weight is 541 g/mol. The molecule has 1 aliphatic rings. The number of carbonyl (C=O) groups excluding carboxylic acids is 5. The van der Waals surface area contributed by atoms with Crippen LogP contribution < -0.4 is 20.4 Å². The van der Waals surface area contributed by atoms with E-state index in [9.17, 15) is 33.9 Å². The topological polar surface area (TPSA) is 183 Å². The lowest BCUT2D eigenvalue weighted by Crippen LogP contribution is -2.54. The summed E-state index contributed by atoms with van der Waals surface area (Å²) in [5.74, 6) is -3.52. The van der Waals surface area contributed by atoms with E-state index in [1.807, 2.05) is 0 Å². The molecule has 4 amide bonds. The molecular formula is C26H28N4O9. The first-order valence-electron chi connectivity index (χ1n) is 11.8. The number of aromatic hydroxyl groups is 1. The number of carboxylic acids is 1. The number of para-hydroxylation sites is 2. The molecule has 3 rings (SSSR count). The van der Waals surface area contributed by atoms with Gasteiger partial charge in [0.05, 0.1) is 37.5 Å². The van der Waals surface area contributed by atoms with E-state index in [1.165, 1.54) is 24.3 Å². The number of amides is 4. The van der Waals surface area contributed by atoms with Crippen molar-refractivity contribution in [3.63, 3.8) is 0 Å². The zero-order valence-electron chi connectivity index (χ0n) is 21.5. The number of phenols is 1. The van der Waals surface area contributed by atoms with Crippen molar-refractivity contribution in [2.24, 2.45) is 0 Å². The highest BCUT2D eigenvalue weighted by atomic mass is 16.5. The molecule has 13 heteroatoms. The Hall–Kier alpha value is -4.94. The number of methoxy groups -OCH3 is 1. The molecular weight excluding hydrogens is 512 g/mol. The van der Waals surface area contributed by atoms with Gasteiger partial charge >= 0.3 is 12.1 Å². The van der Waals surface area contributed by atoms with E-state index in [0.717, 1.165) is 16.9 Å². The lowest BCUT2D eigenvalue weighted by molar-refractivity contribution is -0.138. The largest absolute Gasteiger partial charge is 0.507 e. The molecule has 1 heterocycles. The first-order chi connectivity index (χ1) is 18.5. The number of fused-ring (bicyclic) bond motifs is 1. The van der Waals surface area contributed by atoms with Crippen molar-refractivity contribution in [3.05, 3.63) is 53.1 Å². The number of aryl methyl sites for hydroxylation is 2. The molecule has 13 nitrogen and oxygen atoms in total. The van der Waals surface area contributed by atoms with Gasteiger partial charge in [-0.25, -0.2) is 4.79 Å². The molecule has 0 saturated heterocycles. The number of benzene rings is 2. The summed E-state index contributed by atoms with van der Waals surface area (Å²) in [7, 11) is 1.15. The molecule has 2 atom stereocenters. The van der Waals surface area contributed by atoms with Crippen LogP contribution in [0.4, 0.5) is 16.2 Å². The van der Waals surface area contributed by atoms with E-state index in [-0.39, 0.29) is 35.5 Å². The molecule has 2 aromatic rings. The second kappa shape index (κ2) is 12.1. The zero-order chi connectivity index (χ0) is 28.9. The fourth-order valence-corrected chi connectivity index (χ4v) is 4.19. The van der Waals surface area contributed by atoms with Gasteiger partial charge in [0.2, 0.25) is 5.91 Å². The molecule has 206 valence electrons. The lowest BCUT2D eigenvalue weighted by atomic mass is 10.0. The number of ether oxygens (including phenoxy) is 1. The Morgan fingerprint density at radius 3 is 2.31 bits per heavy atom. The molecule has 0 bridgehead atoms. The molecule has 1 aliphatic heterocycles. The number of nitrogens with one attached hydrogen (secondary N) is 2. The first kappa shape index (κ1) is 28.6. The molecule has 0 radical (unpaired) electrons. The zero-order valence-corrected chi connectivity index (χ0v) is 21.5. The van der Waals surface area contributed by atoms with Crippen molar-refractivity contribution >= 4 is 47.4 Å². The van der Waals surface area contributed by atoms with Crippen molar-refractivity contribution in [1.29, 1.82) is 0 Å². The third-order valence-electron chi connectivity index (χ3n) is 6.05. The van der Waals surface area contributed by atoms with Crippen LogP contribution in [0.5, 0.6) is 5.75 Å². The maximum Gasteiger partial charge on any atom is 0.414 e. The van der Waals surface area contributed by atoms with Crippen molar-refractivity contribution in [2.45, 2.75) is 32.4 Å². The van der Waals surface area contributed by atoms with E-state index < -0.39 is 54.8 Å². The number of carboxylic acid groups (broad SMARTS) is 1. The summed E-state index contributed by atoms with van der Waals surface area (Å²) in [6, 6.07) is 6.42. The maximum atomic E-state index is 13.7. The maximum absolute atomic E-state index is 13.7. The fourth-order valence-electron chi connectivity index (χ4n) is 4.19. The monoisotopic (exact) mass is 540 g/mol. The van der Waals surface area contributed by atoms with Crippen LogP contribution in [0.2, 0.25) is 0 Å². The van der Waals surface area contributed by atoms with Crippen LogP contribution in [-0.2, 0) is 23.9 Å². The smallest absolute Gasteiger partial charge is 0.414 e. The first-order valence-corrected chi connectivity index (χ1v) is 11.8. The van der Waals surface area contributed by atoms with Crippen molar-refractivity contribution < 1.29 is 43.7 Å². The average Bonchev–Trinajstić information content (AvgIpc) is 3.01. The summed E-state index contributed by atoms with van der Waals surface area (Å²) in [4.78, 5) is 76.8. The summed E-state index contributed by atoms with van der Waals surface area (Å²) in [5, 5.41) is 23.8. The highest BCUT2D eigenvalue weighted by molar-refractivity contribution is 6.10. The molecule has 0 unspecified atom stereocenters. The quantitative estimate of drug-likeness (QED) is 0.353. The Morgan fingerprint density at radius 1 is 1.13 bits per heavy atom. The van der Waals surface area contributed by atoms with Crippen molar-refractivity contribution in [2.75, 3.05) is 30.0 Å².